The Hall–Kier alpha value is -2.71. The number of hydrogen-bond donors (Lipinski definition) is 0. The van der Waals surface area contributed by atoms with Crippen LogP contribution in [0.1, 0.15) is 49.7 Å². The van der Waals surface area contributed by atoms with Gasteiger partial charge in [0, 0.05) is 51.8 Å². The fourth-order valence-corrected chi connectivity index (χ4v) is 5.94. The Bertz CT molecular complexity index is 1130. The van der Waals surface area contributed by atoms with Gasteiger partial charge in [0.15, 0.2) is 0 Å². The minimum absolute atomic E-state index is 0.0533. The molecule has 0 unspecified atom stereocenters. The van der Waals surface area contributed by atoms with Gasteiger partial charge in [0.25, 0.3) is 0 Å². The van der Waals surface area contributed by atoms with Crippen LogP contribution in [0, 0.1) is 0 Å². The molecule has 34 heavy (non-hydrogen) atoms. The number of rotatable bonds is 7. The predicted molar refractivity (Wildman–Crippen MR) is 132 cm³/mol. The number of sulfonamides is 1. The lowest BCUT2D eigenvalue weighted by Gasteiger charge is -2.22. The van der Waals surface area contributed by atoms with Gasteiger partial charge in [0.1, 0.15) is 0 Å². The summed E-state index contributed by atoms with van der Waals surface area (Å²) in [4.78, 5) is 29.2. The molecule has 0 aliphatic carbocycles. The lowest BCUT2D eigenvalue weighted by Crippen LogP contribution is -2.34. The van der Waals surface area contributed by atoms with Crippen LogP contribution < -0.4 is 4.90 Å². The first kappa shape index (κ1) is 24.4. The molecule has 0 bridgehead atoms. The maximum Gasteiger partial charge on any atom is 0.243 e. The van der Waals surface area contributed by atoms with Crippen molar-refractivity contribution in [1.82, 2.24) is 9.21 Å². The lowest BCUT2D eigenvalue weighted by atomic mass is 10.2. The van der Waals surface area contributed by atoms with Crippen LogP contribution in [0.5, 0.6) is 0 Å². The number of benzene rings is 2. The molecule has 2 heterocycles. The molecule has 8 heteroatoms. The Morgan fingerprint density at radius 2 is 1.56 bits per heavy atom. The average Bonchev–Trinajstić information content (AvgIpc) is 3.07. The summed E-state index contributed by atoms with van der Waals surface area (Å²) in [6.07, 6.45) is 5.39. The number of amides is 2. The van der Waals surface area contributed by atoms with Gasteiger partial charge in [-0.1, -0.05) is 43.2 Å². The van der Waals surface area contributed by atoms with Gasteiger partial charge < -0.3 is 9.80 Å². The molecule has 4 rings (SSSR count). The molecule has 7 nitrogen and oxygen atoms in total. The normalized spacial score (nSPS) is 16.4. The maximum absolute atomic E-state index is 13.1. The van der Waals surface area contributed by atoms with Gasteiger partial charge in [0.2, 0.25) is 21.8 Å². The minimum Gasteiger partial charge on any atom is -0.343 e. The van der Waals surface area contributed by atoms with E-state index in [-0.39, 0.29) is 36.1 Å². The van der Waals surface area contributed by atoms with E-state index in [1.54, 1.807) is 30.1 Å². The van der Waals surface area contributed by atoms with E-state index in [9.17, 15) is 18.0 Å². The molecule has 2 amide bonds. The molecule has 0 radical (unpaired) electrons. The number of anilines is 1. The zero-order valence-corrected chi connectivity index (χ0v) is 20.6. The van der Waals surface area contributed by atoms with E-state index in [0.717, 1.165) is 55.6 Å². The molecule has 2 aromatic rings. The van der Waals surface area contributed by atoms with Crippen molar-refractivity contribution < 1.29 is 18.0 Å². The summed E-state index contributed by atoms with van der Waals surface area (Å²) < 4.78 is 27.6. The topological polar surface area (TPSA) is 78.0 Å². The third-order valence-corrected chi connectivity index (χ3v) is 8.51. The second kappa shape index (κ2) is 10.7. The van der Waals surface area contributed by atoms with Crippen LogP contribution in [0.2, 0.25) is 0 Å². The number of fused-ring (bicyclic) bond motifs is 1. The Morgan fingerprint density at radius 1 is 0.882 bits per heavy atom. The van der Waals surface area contributed by atoms with E-state index in [1.807, 2.05) is 35.2 Å². The quantitative estimate of drug-likeness (QED) is 0.603. The monoisotopic (exact) mass is 483 g/mol. The van der Waals surface area contributed by atoms with Crippen LogP contribution in [0.3, 0.4) is 0 Å². The number of likely N-dealkylation sites (tertiary alicyclic amines) is 1. The summed E-state index contributed by atoms with van der Waals surface area (Å²) >= 11 is 0. The summed E-state index contributed by atoms with van der Waals surface area (Å²) in [5.74, 6) is -0.0312. The maximum atomic E-state index is 13.1. The van der Waals surface area contributed by atoms with Crippen LogP contribution in [-0.4, -0.2) is 56.1 Å². The molecule has 182 valence electrons. The molecule has 0 saturated carbocycles. The molecule has 2 aromatic carbocycles. The van der Waals surface area contributed by atoms with Gasteiger partial charge in [-0.05, 0) is 48.6 Å². The summed E-state index contributed by atoms with van der Waals surface area (Å²) in [5.41, 5.74) is 2.51. The molecule has 2 aliphatic rings. The molecule has 2 aliphatic heterocycles. The summed E-state index contributed by atoms with van der Waals surface area (Å²) in [5, 5.41) is 0. The van der Waals surface area contributed by atoms with Gasteiger partial charge in [-0.3, -0.25) is 9.59 Å². The van der Waals surface area contributed by atoms with Gasteiger partial charge in [-0.2, -0.15) is 4.31 Å². The molecule has 0 aromatic heterocycles. The largest absolute Gasteiger partial charge is 0.343 e. The van der Waals surface area contributed by atoms with Crippen LogP contribution >= 0.6 is 0 Å². The van der Waals surface area contributed by atoms with Gasteiger partial charge in [-0.15, -0.1) is 0 Å². The van der Waals surface area contributed by atoms with Crippen molar-refractivity contribution >= 4 is 27.5 Å². The highest BCUT2D eigenvalue weighted by atomic mass is 32.2. The Balaban J connectivity index is 1.39. The van der Waals surface area contributed by atoms with Crippen molar-refractivity contribution in [2.24, 2.45) is 0 Å². The van der Waals surface area contributed by atoms with Crippen molar-refractivity contribution in [3.63, 3.8) is 0 Å². The van der Waals surface area contributed by atoms with Crippen molar-refractivity contribution in [2.75, 3.05) is 31.6 Å². The van der Waals surface area contributed by atoms with Crippen molar-refractivity contribution in [1.29, 1.82) is 0 Å². The Kier molecular flexibility index (Phi) is 7.68. The Labute approximate surface area is 202 Å². The highest BCUT2D eigenvalue weighted by Crippen LogP contribution is 2.32. The highest BCUT2D eigenvalue weighted by molar-refractivity contribution is 7.89. The number of carbonyl (C=O) groups is 2. The zero-order valence-electron chi connectivity index (χ0n) is 19.8. The number of carbonyl (C=O) groups excluding carboxylic acids is 2. The van der Waals surface area contributed by atoms with Crippen LogP contribution in [0.4, 0.5) is 5.69 Å². The van der Waals surface area contributed by atoms with Gasteiger partial charge in [0.05, 0.1) is 4.90 Å². The van der Waals surface area contributed by atoms with Crippen molar-refractivity contribution in [3.05, 3.63) is 59.7 Å². The molecule has 0 N–H and O–H groups in total. The molecule has 1 saturated heterocycles. The van der Waals surface area contributed by atoms with Crippen molar-refractivity contribution in [3.8, 4) is 0 Å². The summed E-state index contributed by atoms with van der Waals surface area (Å²) in [6, 6.07) is 14.4. The molecular weight excluding hydrogens is 450 g/mol. The first-order valence-electron chi connectivity index (χ1n) is 12.1. The van der Waals surface area contributed by atoms with Crippen LogP contribution in [-0.2, 0) is 32.6 Å². The Morgan fingerprint density at radius 3 is 2.26 bits per heavy atom. The zero-order chi connectivity index (χ0) is 24.1. The first-order chi connectivity index (χ1) is 16.4. The molecule has 0 spiro atoms. The lowest BCUT2D eigenvalue weighted by molar-refractivity contribution is -0.133. The SMILES string of the molecule is CN(Cc1ccccc1)S(=O)(=O)c1ccc2c(c1)CCN2C(=O)CCC(=O)N1CCCCCC1. The highest BCUT2D eigenvalue weighted by Gasteiger charge is 2.29. The predicted octanol–water partition coefficient (Wildman–Crippen LogP) is 3.58. The van der Waals surface area contributed by atoms with Crippen LogP contribution in [0.25, 0.3) is 0 Å². The summed E-state index contributed by atoms with van der Waals surface area (Å²) in [7, 11) is -2.08. The third-order valence-electron chi connectivity index (χ3n) is 6.72. The van der Waals surface area contributed by atoms with E-state index in [4.69, 9.17) is 0 Å². The van der Waals surface area contributed by atoms with E-state index >= 15 is 0 Å². The third kappa shape index (κ3) is 5.50. The second-order valence-electron chi connectivity index (χ2n) is 9.13. The van der Waals surface area contributed by atoms with E-state index in [1.165, 1.54) is 4.31 Å². The standard InChI is InChI=1S/C26H33N3O4S/c1-27(20-21-9-5-4-6-10-21)34(32,33)23-11-12-24-22(19-23)15-18-29(24)26(31)14-13-25(30)28-16-7-2-3-8-17-28/h4-6,9-12,19H,2-3,7-8,13-18,20H2,1H3. The fraction of sp³-hybridized carbons (Fsp3) is 0.462. The van der Waals surface area contributed by atoms with E-state index in [0.29, 0.717) is 13.0 Å². The second-order valence-corrected chi connectivity index (χ2v) is 11.2. The summed E-state index contributed by atoms with van der Waals surface area (Å²) in [6.45, 7) is 2.37. The fourth-order valence-electron chi connectivity index (χ4n) is 4.73. The van der Waals surface area contributed by atoms with Gasteiger partial charge >= 0.3 is 0 Å². The number of hydrogen-bond acceptors (Lipinski definition) is 4. The molecule has 1 fully saturated rings. The smallest absolute Gasteiger partial charge is 0.243 e. The average molecular weight is 484 g/mol. The molecular formula is C26H33N3O4S. The van der Waals surface area contributed by atoms with Gasteiger partial charge in [-0.25, -0.2) is 8.42 Å². The van der Waals surface area contributed by atoms with Crippen molar-refractivity contribution in [2.45, 2.75) is 56.4 Å². The number of nitrogens with zero attached hydrogens (tertiary/aromatic N) is 3. The first-order valence-corrected chi connectivity index (χ1v) is 13.5. The van der Waals surface area contributed by atoms with E-state index in [2.05, 4.69) is 0 Å². The minimum atomic E-state index is -3.65. The van der Waals surface area contributed by atoms with E-state index < -0.39 is 10.0 Å². The van der Waals surface area contributed by atoms with Crippen LogP contribution in [0.15, 0.2) is 53.4 Å². The molecule has 0 atom stereocenters.